The van der Waals surface area contributed by atoms with Gasteiger partial charge in [-0.2, -0.15) is 0 Å². The number of halogens is 2. The van der Waals surface area contributed by atoms with E-state index in [-0.39, 0.29) is 18.6 Å². The van der Waals surface area contributed by atoms with Gasteiger partial charge in [-0.05, 0) is 56.0 Å². The third kappa shape index (κ3) is 5.35. The SMILES string of the molecule is O=C(COc1ccc(Cl)c(Cl)c1)NC1CCC(Nc2ccc3ccccc3n2)CC1. The maximum Gasteiger partial charge on any atom is 0.258 e. The van der Waals surface area contributed by atoms with Crippen molar-refractivity contribution in [3.8, 4) is 5.75 Å². The number of fused-ring (bicyclic) bond motifs is 1. The zero-order valence-electron chi connectivity index (χ0n) is 16.4. The Morgan fingerprint density at radius 2 is 1.73 bits per heavy atom. The molecule has 2 N–H and O–H groups in total. The van der Waals surface area contributed by atoms with Crippen molar-refractivity contribution in [3.05, 3.63) is 64.6 Å². The van der Waals surface area contributed by atoms with Gasteiger partial charge in [-0.15, -0.1) is 0 Å². The van der Waals surface area contributed by atoms with Gasteiger partial charge in [-0.1, -0.05) is 41.4 Å². The minimum atomic E-state index is -0.131. The number of ether oxygens (including phenoxy) is 1. The summed E-state index contributed by atoms with van der Waals surface area (Å²) in [6.45, 7) is -0.0445. The number of carbonyl (C=O) groups is 1. The van der Waals surface area contributed by atoms with Crippen molar-refractivity contribution in [2.24, 2.45) is 0 Å². The quantitative estimate of drug-likeness (QED) is 0.530. The van der Waals surface area contributed by atoms with Crippen LogP contribution in [-0.2, 0) is 4.79 Å². The highest BCUT2D eigenvalue weighted by atomic mass is 35.5. The molecule has 0 atom stereocenters. The van der Waals surface area contributed by atoms with Crippen molar-refractivity contribution in [3.63, 3.8) is 0 Å². The Hall–Kier alpha value is -2.50. The van der Waals surface area contributed by atoms with E-state index in [0.29, 0.717) is 21.8 Å². The zero-order chi connectivity index (χ0) is 20.9. The van der Waals surface area contributed by atoms with Gasteiger partial charge in [-0.25, -0.2) is 4.98 Å². The molecule has 0 aliphatic heterocycles. The topological polar surface area (TPSA) is 63.2 Å². The summed E-state index contributed by atoms with van der Waals surface area (Å²) in [7, 11) is 0. The molecule has 1 aliphatic carbocycles. The average molecular weight is 444 g/mol. The van der Waals surface area contributed by atoms with Crippen LogP contribution in [0.1, 0.15) is 25.7 Å². The van der Waals surface area contributed by atoms with E-state index in [1.807, 2.05) is 24.3 Å². The Morgan fingerprint density at radius 3 is 2.53 bits per heavy atom. The number of amides is 1. The van der Waals surface area contributed by atoms with Crippen LogP contribution in [-0.4, -0.2) is 29.6 Å². The predicted octanol–water partition coefficient (Wildman–Crippen LogP) is 5.46. The summed E-state index contributed by atoms with van der Waals surface area (Å²) in [5, 5.41) is 8.59. The van der Waals surface area contributed by atoms with Crippen LogP contribution in [0.4, 0.5) is 5.82 Å². The molecule has 0 spiro atoms. The van der Waals surface area contributed by atoms with Crippen molar-refractivity contribution in [2.45, 2.75) is 37.8 Å². The van der Waals surface area contributed by atoms with Crippen molar-refractivity contribution in [1.29, 1.82) is 0 Å². The lowest BCUT2D eigenvalue weighted by Crippen LogP contribution is -2.42. The largest absolute Gasteiger partial charge is 0.484 e. The molecule has 156 valence electrons. The van der Waals surface area contributed by atoms with Crippen LogP contribution in [0.5, 0.6) is 5.75 Å². The first-order chi connectivity index (χ1) is 14.6. The van der Waals surface area contributed by atoms with Crippen LogP contribution in [0.15, 0.2) is 54.6 Å². The number of nitrogens with one attached hydrogen (secondary N) is 2. The molecule has 1 aliphatic rings. The van der Waals surface area contributed by atoms with E-state index in [2.05, 4.69) is 27.8 Å². The van der Waals surface area contributed by atoms with Crippen LogP contribution in [0.3, 0.4) is 0 Å². The molecule has 2 aromatic carbocycles. The molecule has 0 radical (unpaired) electrons. The summed E-state index contributed by atoms with van der Waals surface area (Å²) in [6.07, 6.45) is 3.80. The lowest BCUT2D eigenvalue weighted by Gasteiger charge is -2.30. The van der Waals surface area contributed by atoms with Crippen molar-refractivity contribution in [1.82, 2.24) is 10.3 Å². The van der Waals surface area contributed by atoms with Gasteiger partial charge in [0.1, 0.15) is 11.6 Å². The van der Waals surface area contributed by atoms with Gasteiger partial charge in [0, 0.05) is 23.5 Å². The third-order valence-electron chi connectivity index (χ3n) is 5.30. The molecule has 0 unspecified atom stereocenters. The van der Waals surface area contributed by atoms with Crippen LogP contribution < -0.4 is 15.4 Å². The molecule has 7 heteroatoms. The van der Waals surface area contributed by atoms with E-state index in [4.69, 9.17) is 27.9 Å². The van der Waals surface area contributed by atoms with Crippen molar-refractivity contribution in [2.75, 3.05) is 11.9 Å². The first-order valence-corrected chi connectivity index (χ1v) is 10.8. The van der Waals surface area contributed by atoms with Gasteiger partial charge in [-0.3, -0.25) is 4.79 Å². The first kappa shape index (κ1) is 20.8. The van der Waals surface area contributed by atoms with Gasteiger partial charge < -0.3 is 15.4 Å². The van der Waals surface area contributed by atoms with Gasteiger partial charge in [0.15, 0.2) is 6.61 Å². The lowest BCUT2D eigenvalue weighted by atomic mass is 9.91. The fourth-order valence-electron chi connectivity index (χ4n) is 3.72. The molecular weight excluding hydrogens is 421 g/mol. The second-order valence-electron chi connectivity index (χ2n) is 7.51. The normalized spacial score (nSPS) is 18.7. The molecule has 1 heterocycles. The molecule has 1 fully saturated rings. The Kier molecular flexibility index (Phi) is 6.60. The number of pyridine rings is 1. The summed E-state index contributed by atoms with van der Waals surface area (Å²) in [4.78, 5) is 16.9. The van der Waals surface area contributed by atoms with E-state index >= 15 is 0 Å². The van der Waals surface area contributed by atoms with E-state index in [0.717, 1.165) is 42.4 Å². The average Bonchev–Trinajstić information content (AvgIpc) is 2.76. The fourth-order valence-corrected chi connectivity index (χ4v) is 4.01. The van der Waals surface area contributed by atoms with Gasteiger partial charge >= 0.3 is 0 Å². The number of para-hydroxylation sites is 1. The predicted molar refractivity (Wildman–Crippen MR) is 122 cm³/mol. The molecule has 1 saturated carbocycles. The second kappa shape index (κ2) is 9.54. The van der Waals surface area contributed by atoms with Crippen molar-refractivity contribution >= 4 is 45.8 Å². The summed E-state index contributed by atoms with van der Waals surface area (Å²) in [5.41, 5.74) is 0.991. The number of aromatic nitrogens is 1. The van der Waals surface area contributed by atoms with Gasteiger partial charge in [0.05, 0.1) is 15.6 Å². The van der Waals surface area contributed by atoms with Crippen LogP contribution >= 0.6 is 23.2 Å². The minimum absolute atomic E-state index is 0.0445. The molecule has 0 saturated heterocycles. The van der Waals surface area contributed by atoms with Crippen LogP contribution in [0.2, 0.25) is 10.0 Å². The summed E-state index contributed by atoms with van der Waals surface area (Å²) >= 11 is 11.8. The van der Waals surface area contributed by atoms with Crippen LogP contribution in [0.25, 0.3) is 10.9 Å². The van der Waals surface area contributed by atoms with Gasteiger partial charge in [0.2, 0.25) is 0 Å². The summed E-state index contributed by atoms with van der Waals surface area (Å²) < 4.78 is 5.50. The highest BCUT2D eigenvalue weighted by Crippen LogP contribution is 2.26. The molecule has 0 bridgehead atoms. The Balaban J connectivity index is 1.22. The minimum Gasteiger partial charge on any atom is -0.484 e. The Morgan fingerprint density at radius 1 is 0.967 bits per heavy atom. The third-order valence-corrected chi connectivity index (χ3v) is 6.04. The number of benzene rings is 2. The number of rotatable bonds is 6. The number of hydrogen-bond donors (Lipinski definition) is 2. The molecule has 5 nitrogen and oxygen atoms in total. The lowest BCUT2D eigenvalue weighted by molar-refractivity contribution is -0.124. The zero-order valence-corrected chi connectivity index (χ0v) is 17.9. The molecule has 1 aromatic heterocycles. The monoisotopic (exact) mass is 443 g/mol. The molecular formula is C23H23Cl2N3O2. The van der Waals surface area contributed by atoms with Crippen molar-refractivity contribution < 1.29 is 9.53 Å². The van der Waals surface area contributed by atoms with E-state index in [1.54, 1.807) is 18.2 Å². The van der Waals surface area contributed by atoms with Crippen LogP contribution in [0, 0.1) is 0 Å². The highest BCUT2D eigenvalue weighted by Gasteiger charge is 2.22. The molecule has 3 aromatic rings. The molecule has 30 heavy (non-hydrogen) atoms. The smallest absolute Gasteiger partial charge is 0.258 e. The standard InChI is InChI=1S/C23H23Cl2N3O2/c24-19-11-10-18(13-20(19)25)30-14-23(29)27-17-8-6-16(7-9-17)26-22-12-5-15-3-1-2-4-21(15)28-22/h1-5,10-13,16-17H,6-9,14H2,(H,26,28)(H,27,29). The first-order valence-electron chi connectivity index (χ1n) is 10.1. The Labute approximate surface area is 185 Å². The van der Waals surface area contributed by atoms with E-state index < -0.39 is 0 Å². The molecule has 4 rings (SSSR count). The summed E-state index contributed by atoms with van der Waals surface area (Å²) in [5.74, 6) is 1.29. The van der Waals surface area contributed by atoms with Gasteiger partial charge in [0.25, 0.3) is 5.91 Å². The van der Waals surface area contributed by atoms with E-state index in [9.17, 15) is 4.79 Å². The second-order valence-corrected chi connectivity index (χ2v) is 8.33. The van der Waals surface area contributed by atoms with E-state index in [1.165, 1.54) is 0 Å². The Bertz CT molecular complexity index is 1040. The molecule has 1 amide bonds. The number of carbonyl (C=O) groups excluding carboxylic acids is 1. The summed E-state index contributed by atoms with van der Waals surface area (Å²) in [6, 6.07) is 17.7. The maximum absolute atomic E-state index is 12.2. The maximum atomic E-state index is 12.2. The highest BCUT2D eigenvalue weighted by molar-refractivity contribution is 6.42. The number of hydrogen-bond acceptors (Lipinski definition) is 4. The number of anilines is 1. The fraction of sp³-hybridized carbons (Fsp3) is 0.304. The number of nitrogens with zero attached hydrogens (tertiary/aromatic N) is 1.